The summed E-state index contributed by atoms with van der Waals surface area (Å²) in [7, 11) is 1.27. The van der Waals surface area contributed by atoms with Crippen LogP contribution in [0.5, 0.6) is 5.88 Å². The Bertz CT molecular complexity index is 1420. The molecular weight excluding hydrogens is 510 g/mol. The minimum Gasteiger partial charge on any atom is -0.480 e. The molecule has 0 spiro atoms. The fourth-order valence-corrected chi connectivity index (χ4v) is 4.62. The molecule has 0 aromatic carbocycles. The van der Waals surface area contributed by atoms with E-state index in [4.69, 9.17) is 10.5 Å². The number of halogens is 4. The summed E-state index contributed by atoms with van der Waals surface area (Å²) in [5, 5.41) is 6.47. The van der Waals surface area contributed by atoms with Crippen molar-refractivity contribution in [1.82, 2.24) is 29.8 Å². The molecule has 2 atom stereocenters. The van der Waals surface area contributed by atoms with E-state index in [-0.39, 0.29) is 52.9 Å². The Balaban J connectivity index is 1.43. The molecule has 38 heavy (non-hydrogen) atoms. The molecule has 0 unspecified atom stereocenters. The summed E-state index contributed by atoms with van der Waals surface area (Å²) in [4.78, 5) is 34.9. The van der Waals surface area contributed by atoms with Crippen molar-refractivity contribution in [1.29, 1.82) is 0 Å². The molecule has 1 saturated heterocycles. The molecule has 1 saturated carbocycles. The number of fused-ring (bicyclic) bond motifs is 1. The summed E-state index contributed by atoms with van der Waals surface area (Å²) >= 11 is 0. The molecule has 2 aliphatic rings. The first-order chi connectivity index (χ1) is 17.9. The second-order valence-electron chi connectivity index (χ2n) is 10.0. The molecule has 1 aliphatic heterocycles. The molecule has 0 radical (unpaired) electrons. The number of methoxy groups -OCH3 is 1. The number of nitrogens with zero attached hydrogens (tertiary/aromatic N) is 5. The van der Waals surface area contributed by atoms with E-state index in [1.54, 1.807) is 0 Å². The molecule has 1 aliphatic carbocycles. The molecule has 2 amide bonds. The van der Waals surface area contributed by atoms with Crippen molar-refractivity contribution in [3.8, 4) is 17.1 Å². The van der Waals surface area contributed by atoms with E-state index in [0.29, 0.717) is 6.42 Å². The van der Waals surface area contributed by atoms with E-state index in [1.807, 2.05) is 6.92 Å². The second kappa shape index (κ2) is 9.10. The number of pyridine rings is 1. The number of carbonyl (C=O) groups is 2. The predicted octanol–water partition coefficient (Wildman–Crippen LogP) is 2.87. The number of likely N-dealkylation sites (tertiary alicyclic amines) is 1. The van der Waals surface area contributed by atoms with E-state index in [2.05, 4.69) is 20.4 Å². The maximum absolute atomic E-state index is 14.8. The van der Waals surface area contributed by atoms with E-state index in [1.165, 1.54) is 24.3 Å². The van der Waals surface area contributed by atoms with Gasteiger partial charge >= 0.3 is 6.18 Å². The molecule has 5 rings (SSSR count). The van der Waals surface area contributed by atoms with Crippen LogP contribution < -0.4 is 15.8 Å². The van der Waals surface area contributed by atoms with Gasteiger partial charge in [0.2, 0.25) is 11.8 Å². The molecule has 0 bridgehead atoms. The lowest BCUT2D eigenvalue weighted by Gasteiger charge is -2.19. The number of nitrogens with one attached hydrogen (secondary N) is 1. The zero-order chi connectivity index (χ0) is 27.4. The van der Waals surface area contributed by atoms with Crippen LogP contribution in [0.4, 0.5) is 23.4 Å². The van der Waals surface area contributed by atoms with Crippen LogP contribution in [-0.2, 0) is 11.0 Å². The number of aromatic nitrogens is 4. The number of amides is 2. The van der Waals surface area contributed by atoms with Crippen molar-refractivity contribution >= 4 is 23.1 Å². The number of hydrogen-bond acceptors (Lipinski definition) is 7. The predicted molar refractivity (Wildman–Crippen MR) is 127 cm³/mol. The summed E-state index contributed by atoms with van der Waals surface area (Å²) in [6.45, 7) is 1.88. The number of hydrogen-bond donors (Lipinski definition) is 2. The van der Waals surface area contributed by atoms with Crippen LogP contribution >= 0.6 is 0 Å². The molecule has 14 heteroatoms. The van der Waals surface area contributed by atoms with Crippen LogP contribution in [0, 0.1) is 5.41 Å². The van der Waals surface area contributed by atoms with Crippen molar-refractivity contribution in [3.05, 3.63) is 35.8 Å². The summed E-state index contributed by atoms with van der Waals surface area (Å²) in [6, 6.07) is 1.15. The Labute approximate surface area is 214 Å². The highest BCUT2D eigenvalue weighted by atomic mass is 19.4. The number of nitrogen functional groups attached to an aromatic ring is 1. The number of anilines is 1. The van der Waals surface area contributed by atoms with Crippen LogP contribution in [-0.4, -0.2) is 68.7 Å². The normalized spacial score (nSPS) is 20.5. The minimum absolute atomic E-state index is 0.00569. The Morgan fingerprint density at radius 1 is 1.24 bits per heavy atom. The first kappa shape index (κ1) is 25.7. The quantitative estimate of drug-likeness (QED) is 0.465. The molecule has 10 nitrogen and oxygen atoms in total. The fraction of sp³-hybridized carbons (Fsp3) is 0.458. The summed E-state index contributed by atoms with van der Waals surface area (Å²) in [5.41, 5.74) is 4.12. The average Bonchev–Trinajstić information content (AvgIpc) is 3.27. The summed E-state index contributed by atoms with van der Waals surface area (Å²) < 4.78 is 62.1. The van der Waals surface area contributed by atoms with Gasteiger partial charge < -0.3 is 20.7 Å². The van der Waals surface area contributed by atoms with Gasteiger partial charge in [-0.25, -0.2) is 18.9 Å². The Morgan fingerprint density at radius 3 is 2.63 bits per heavy atom. The van der Waals surface area contributed by atoms with E-state index in [0.717, 1.165) is 29.8 Å². The number of ether oxygens (including phenoxy) is 1. The third-order valence-electron chi connectivity index (χ3n) is 7.07. The average molecular weight is 536 g/mol. The minimum atomic E-state index is -4.75. The van der Waals surface area contributed by atoms with Crippen LogP contribution in [0.2, 0.25) is 0 Å². The Kier molecular flexibility index (Phi) is 6.15. The lowest BCUT2D eigenvalue weighted by molar-refractivity contribution is -0.136. The van der Waals surface area contributed by atoms with Gasteiger partial charge in [0.1, 0.15) is 23.6 Å². The van der Waals surface area contributed by atoms with E-state index in [9.17, 15) is 27.2 Å². The monoisotopic (exact) mass is 535 g/mol. The van der Waals surface area contributed by atoms with Gasteiger partial charge in [0.25, 0.3) is 5.91 Å². The van der Waals surface area contributed by atoms with Crippen LogP contribution in [0.15, 0.2) is 24.7 Å². The Hall–Kier alpha value is -3.97. The number of alkyl halides is 4. The van der Waals surface area contributed by atoms with Gasteiger partial charge in [-0.1, -0.05) is 6.92 Å². The first-order valence-electron chi connectivity index (χ1n) is 11.9. The summed E-state index contributed by atoms with van der Waals surface area (Å²) in [6.07, 6.45) is -1.76. The molecule has 3 N–H and O–H groups in total. The molecule has 4 heterocycles. The molecule has 202 valence electrons. The van der Waals surface area contributed by atoms with Crippen molar-refractivity contribution in [2.45, 2.75) is 44.6 Å². The third kappa shape index (κ3) is 4.70. The first-order valence-corrected chi connectivity index (χ1v) is 11.9. The van der Waals surface area contributed by atoms with Crippen LogP contribution in [0.1, 0.15) is 42.1 Å². The van der Waals surface area contributed by atoms with Gasteiger partial charge in [-0.2, -0.15) is 18.3 Å². The zero-order valence-electron chi connectivity index (χ0n) is 20.5. The third-order valence-corrected chi connectivity index (χ3v) is 7.07. The van der Waals surface area contributed by atoms with Crippen LogP contribution in [0.25, 0.3) is 16.8 Å². The topological polar surface area (TPSA) is 128 Å². The van der Waals surface area contributed by atoms with Crippen molar-refractivity contribution < 1.29 is 31.9 Å². The second-order valence-corrected chi connectivity index (χ2v) is 10.0. The number of nitrogens with two attached hydrogens (primary N) is 1. The molecule has 2 fully saturated rings. The van der Waals surface area contributed by atoms with Gasteiger partial charge in [-0.3, -0.25) is 9.59 Å². The Morgan fingerprint density at radius 2 is 1.97 bits per heavy atom. The fourth-order valence-electron chi connectivity index (χ4n) is 4.62. The van der Waals surface area contributed by atoms with Crippen molar-refractivity contribution in [3.63, 3.8) is 0 Å². The zero-order valence-corrected chi connectivity index (χ0v) is 20.5. The van der Waals surface area contributed by atoms with Gasteiger partial charge in [0.05, 0.1) is 31.0 Å². The maximum atomic E-state index is 14.8. The summed E-state index contributed by atoms with van der Waals surface area (Å²) in [5.74, 6) is -1.39. The number of rotatable bonds is 6. The highest BCUT2D eigenvalue weighted by Gasteiger charge is 2.43. The van der Waals surface area contributed by atoms with Gasteiger partial charge in [-0.15, -0.1) is 0 Å². The lowest BCUT2D eigenvalue weighted by atomic mass is 10.1. The lowest BCUT2D eigenvalue weighted by Crippen LogP contribution is -2.42. The molecule has 3 aromatic rings. The van der Waals surface area contributed by atoms with Crippen LogP contribution in [0.3, 0.4) is 0 Å². The van der Waals surface area contributed by atoms with E-state index < -0.39 is 35.4 Å². The SMILES string of the molecule is COc1ncc(-c2cc(C(F)(F)F)c3c(N)ncnn23)cc1C(=O)N[C@@H]1CN(C(=O)CC2(C)CC2)C[C@@H]1F. The van der Waals surface area contributed by atoms with Crippen molar-refractivity contribution in [2.24, 2.45) is 5.41 Å². The highest BCUT2D eigenvalue weighted by Crippen LogP contribution is 2.48. The largest absolute Gasteiger partial charge is 0.480 e. The smallest absolute Gasteiger partial charge is 0.418 e. The highest BCUT2D eigenvalue weighted by molar-refractivity contribution is 5.98. The van der Waals surface area contributed by atoms with Gasteiger partial charge in [0.15, 0.2) is 5.82 Å². The van der Waals surface area contributed by atoms with Gasteiger partial charge in [-0.05, 0) is 30.4 Å². The van der Waals surface area contributed by atoms with Gasteiger partial charge in [0, 0.05) is 24.7 Å². The standard InChI is InChI=1S/C24H25F4N7O3/c1-23(3-4-23)7-18(36)34-9-15(25)16(10-34)33-21(37)13-5-12(8-30-22(13)38-2)17-6-14(24(26,27)28)19-20(29)31-11-32-35(17)19/h5-6,8,11,15-16H,3-4,7,9-10H2,1-2H3,(H,33,37)(H2,29,31,32)/t15-,16+/m0/s1. The molecule has 3 aromatic heterocycles. The van der Waals surface area contributed by atoms with Crippen molar-refractivity contribution in [2.75, 3.05) is 25.9 Å². The number of carbonyl (C=O) groups excluding carboxylic acids is 2. The van der Waals surface area contributed by atoms with E-state index >= 15 is 0 Å². The molecular formula is C24H25F4N7O3. The maximum Gasteiger partial charge on any atom is 0.418 e.